The summed E-state index contributed by atoms with van der Waals surface area (Å²) < 4.78 is 5.87. The van der Waals surface area contributed by atoms with Gasteiger partial charge in [-0.1, -0.05) is 12.1 Å². The van der Waals surface area contributed by atoms with Crippen molar-refractivity contribution in [1.82, 2.24) is 9.88 Å². The van der Waals surface area contributed by atoms with Crippen LogP contribution in [-0.2, 0) is 6.54 Å². The monoisotopic (exact) mass is 307 g/mol. The standard InChI is InChI=1S/C19H21N3O/c20-12-16-3-5-17(6-4-16)13-22-11-1-2-18(14-22)15-23-19-7-9-21-10-8-19/h3-10,18H,1-2,11,13-15H2. The molecule has 0 saturated carbocycles. The van der Waals surface area contributed by atoms with E-state index in [4.69, 9.17) is 10.00 Å². The third-order valence-corrected chi connectivity index (χ3v) is 4.23. The van der Waals surface area contributed by atoms with Crippen LogP contribution < -0.4 is 4.74 Å². The number of pyridine rings is 1. The number of benzene rings is 1. The molecule has 1 aromatic carbocycles. The minimum absolute atomic E-state index is 0.565. The molecule has 23 heavy (non-hydrogen) atoms. The minimum atomic E-state index is 0.565. The summed E-state index contributed by atoms with van der Waals surface area (Å²) in [6.07, 6.45) is 5.94. The van der Waals surface area contributed by atoms with Crippen molar-refractivity contribution in [3.05, 3.63) is 59.9 Å². The molecule has 1 saturated heterocycles. The molecule has 1 aromatic heterocycles. The fourth-order valence-electron chi connectivity index (χ4n) is 3.02. The smallest absolute Gasteiger partial charge is 0.122 e. The topological polar surface area (TPSA) is 49.2 Å². The summed E-state index contributed by atoms with van der Waals surface area (Å²) in [5, 5.41) is 8.86. The fraction of sp³-hybridized carbons (Fsp3) is 0.368. The molecule has 0 aliphatic carbocycles. The molecule has 0 radical (unpaired) electrons. The summed E-state index contributed by atoms with van der Waals surface area (Å²) in [7, 11) is 0. The quantitative estimate of drug-likeness (QED) is 0.851. The van der Waals surface area contributed by atoms with Crippen molar-refractivity contribution in [2.45, 2.75) is 19.4 Å². The van der Waals surface area contributed by atoms with Gasteiger partial charge >= 0.3 is 0 Å². The van der Waals surface area contributed by atoms with Crippen LogP contribution in [0.15, 0.2) is 48.8 Å². The molecule has 3 rings (SSSR count). The highest BCUT2D eigenvalue weighted by Crippen LogP contribution is 2.20. The Labute approximate surface area is 137 Å². The normalized spacial score (nSPS) is 18.3. The zero-order chi connectivity index (χ0) is 15.9. The molecular weight excluding hydrogens is 286 g/mol. The van der Waals surface area contributed by atoms with Crippen molar-refractivity contribution in [3.8, 4) is 11.8 Å². The summed E-state index contributed by atoms with van der Waals surface area (Å²) in [5.41, 5.74) is 1.98. The Kier molecular flexibility index (Phi) is 5.23. The first-order valence-corrected chi connectivity index (χ1v) is 8.08. The summed E-state index contributed by atoms with van der Waals surface area (Å²) in [5.74, 6) is 1.46. The van der Waals surface area contributed by atoms with Crippen molar-refractivity contribution in [2.24, 2.45) is 5.92 Å². The van der Waals surface area contributed by atoms with Crippen LogP contribution in [0.2, 0.25) is 0 Å². The molecule has 2 aromatic rings. The lowest BCUT2D eigenvalue weighted by molar-refractivity contribution is 0.125. The predicted octanol–water partition coefficient (Wildman–Crippen LogP) is 3.24. The van der Waals surface area contributed by atoms with Gasteiger partial charge in [0, 0.05) is 31.4 Å². The first-order valence-electron chi connectivity index (χ1n) is 8.08. The molecule has 0 N–H and O–H groups in total. The fourth-order valence-corrected chi connectivity index (χ4v) is 3.02. The third kappa shape index (κ3) is 4.54. The zero-order valence-electron chi connectivity index (χ0n) is 13.2. The van der Waals surface area contributed by atoms with Gasteiger partial charge in [0.2, 0.25) is 0 Å². The van der Waals surface area contributed by atoms with Crippen molar-refractivity contribution in [2.75, 3.05) is 19.7 Å². The summed E-state index contributed by atoms with van der Waals surface area (Å²) >= 11 is 0. The summed E-state index contributed by atoms with van der Waals surface area (Å²) in [6, 6.07) is 13.8. The molecular formula is C19H21N3O. The number of hydrogen-bond donors (Lipinski definition) is 0. The predicted molar refractivity (Wildman–Crippen MR) is 88.9 cm³/mol. The van der Waals surface area contributed by atoms with Crippen LogP contribution in [0.25, 0.3) is 0 Å². The van der Waals surface area contributed by atoms with Gasteiger partial charge in [0.1, 0.15) is 5.75 Å². The molecule has 1 unspecified atom stereocenters. The maximum absolute atomic E-state index is 8.86. The van der Waals surface area contributed by atoms with Crippen LogP contribution in [0.3, 0.4) is 0 Å². The summed E-state index contributed by atoms with van der Waals surface area (Å²) in [6.45, 7) is 3.89. The molecule has 4 nitrogen and oxygen atoms in total. The Balaban J connectivity index is 1.50. The minimum Gasteiger partial charge on any atom is -0.493 e. The van der Waals surface area contributed by atoms with Crippen molar-refractivity contribution in [3.63, 3.8) is 0 Å². The van der Waals surface area contributed by atoms with E-state index in [1.807, 2.05) is 24.3 Å². The molecule has 0 spiro atoms. The molecule has 0 bridgehead atoms. The van der Waals surface area contributed by atoms with Gasteiger partial charge in [0.15, 0.2) is 0 Å². The van der Waals surface area contributed by atoms with Crippen molar-refractivity contribution < 1.29 is 4.74 Å². The van der Waals surface area contributed by atoms with Gasteiger partial charge in [-0.2, -0.15) is 5.26 Å². The number of hydrogen-bond acceptors (Lipinski definition) is 4. The first kappa shape index (κ1) is 15.5. The SMILES string of the molecule is N#Cc1ccc(CN2CCCC(COc3ccncc3)C2)cc1. The van der Waals surface area contributed by atoms with E-state index in [-0.39, 0.29) is 0 Å². The van der Waals surface area contributed by atoms with E-state index in [0.717, 1.165) is 37.6 Å². The molecule has 0 amide bonds. The van der Waals surface area contributed by atoms with Crippen LogP contribution in [0.5, 0.6) is 5.75 Å². The number of likely N-dealkylation sites (tertiary alicyclic amines) is 1. The lowest BCUT2D eigenvalue weighted by atomic mass is 9.98. The van der Waals surface area contributed by atoms with Crippen LogP contribution >= 0.6 is 0 Å². The van der Waals surface area contributed by atoms with Gasteiger partial charge in [-0.15, -0.1) is 0 Å². The van der Waals surface area contributed by atoms with E-state index in [1.54, 1.807) is 12.4 Å². The van der Waals surface area contributed by atoms with Gasteiger partial charge in [-0.25, -0.2) is 0 Å². The molecule has 1 aliphatic heterocycles. The van der Waals surface area contributed by atoms with Crippen molar-refractivity contribution >= 4 is 0 Å². The number of piperidine rings is 1. The Morgan fingerprint density at radius 1 is 1.17 bits per heavy atom. The average molecular weight is 307 g/mol. The van der Waals surface area contributed by atoms with Gasteiger partial charge in [0.05, 0.1) is 18.2 Å². The first-order chi connectivity index (χ1) is 11.3. The van der Waals surface area contributed by atoms with Crippen LogP contribution in [0.4, 0.5) is 0 Å². The summed E-state index contributed by atoms with van der Waals surface area (Å²) in [4.78, 5) is 6.48. The molecule has 4 heteroatoms. The largest absolute Gasteiger partial charge is 0.493 e. The highest BCUT2D eigenvalue weighted by Gasteiger charge is 2.20. The number of aromatic nitrogens is 1. The number of rotatable bonds is 5. The third-order valence-electron chi connectivity index (χ3n) is 4.23. The Hall–Kier alpha value is -2.38. The van der Waals surface area contributed by atoms with Crippen LogP contribution in [-0.4, -0.2) is 29.6 Å². The Morgan fingerprint density at radius 3 is 2.70 bits per heavy atom. The van der Waals surface area contributed by atoms with E-state index in [9.17, 15) is 0 Å². The molecule has 1 atom stereocenters. The van der Waals surface area contributed by atoms with Crippen LogP contribution in [0.1, 0.15) is 24.0 Å². The average Bonchev–Trinajstić information content (AvgIpc) is 2.62. The van der Waals surface area contributed by atoms with E-state index < -0.39 is 0 Å². The number of nitriles is 1. The lowest BCUT2D eigenvalue weighted by Crippen LogP contribution is -2.37. The second kappa shape index (κ2) is 7.75. The Bertz CT molecular complexity index is 649. The van der Waals surface area contributed by atoms with E-state index in [0.29, 0.717) is 5.92 Å². The molecule has 2 heterocycles. The van der Waals surface area contributed by atoms with Crippen molar-refractivity contribution in [1.29, 1.82) is 5.26 Å². The zero-order valence-corrected chi connectivity index (χ0v) is 13.2. The highest BCUT2D eigenvalue weighted by molar-refractivity contribution is 5.31. The van der Waals surface area contributed by atoms with Crippen LogP contribution in [0, 0.1) is 17.2 Å². The van der Waals surface area contributed by atoms with Gasteiger partial charge in [-0.3, -0.25) is 9.88 Å². The molecule has 1 aliphatic rings. The van der Waals surface area contributed by atoms with Gasteiger partial charge in [-0.05, 0) is 49.2 Å². The Morgan fingerprint density at radius 2 is 1.96 bits per heavy atom. The van der Waals surface area contributed by atoms with Gasteiger partial charge in [0.25, 0.3) is 0 Å². The highest BCUT2D eigenvalue weighted by atomic mass is 16.5. The van der Waals surface area contributed by atoms with Gasteiger partial charge < -0.3 is 4.74 Å². The second-order valence-corrected chi connectivity index (χ2v) is 6.05. The molecule has 1 fully saturated rings. The maximum atomic E-state index is 8.86. The van der Waals surface area contributed by atoms with E-state index in [1.165, 1.54) is 18.4 Å². The maximum Gasteiger partial charge on any atom is 0.122 e. The van der Waals surface area contributed by atoms with E-state index >= 15 is 0 Å². The lowest BCUT2D eigenvalue weighted by Gasteiger charge is -2.32. The number of ether oxygens (including phenoxy) is 1. The number of nitrogens with zero attached hydrogens (tertiary/aromatic N) is 3. The second-order valence-electron chi connectivity index (χ2n) is 6.05. The molecule has 118 valence electrons. The van der Waals surface area contributed by atoms with E-state index in [2.05, 4.69) is 28.1 Å².